The minimum Gasteiger partial charge on any atom is -0.619 e. The fraction of sp³-hybridized carbons (Fsp3) is 0. The lowest BCUT2D eigenvalue weighted by molar-refractivity contribution is -0.605. The summed E-state index contributed by atoms with van der Waals surface area (Å²) in [7, 11) is 0. The number of anilines is 1. The summed E-state index contributed by atoms with van der Waals surface area (Å²) in [5, 5.41) is 10.8. The summed E-state index contributed by atoms with van der Waals surface area (Å²) in [4.78, 5) is 0. The van der Waals surface area contributed by atoms with E-state index in [0.29, 0.717) is 0 Å². The predicted molar refractivity (Wildman–Crippen MR) is 65.2 cm³/mol. The number of nitrogens with two attached hydrogens (primary N) is 1. The Morgan fingerprint density at radius 2 is 1.38 bits per heavy atom. The van der Waals surface area contributed by atoms with E-state index in [-0.39, 0.29) is 0 Å². The number of pyridine rings is 1. The first kappa shape index (κ1) is 10.2. The first-order valence-corrected chi connectivity index (χ1v) is 4.96. The van der Waals surface area contributed by atoms with Crippen LogP contribution in [0.4, 0.5) is 5.69 Å². The lowest BCUT2D eigenvalue weighted by Crippen LogP contribution is -2.23. The van der Waals surface area contributed by atoms with Crippen LogP contribution in [-0.4, -0.2) is 0 Å². The van der Waals surface area contributed by atoms with E-state index < -0.39 is 0 Å². The van der Waals surface area contributed by atoms with Gasteiger partial charge in [0.1, 0.15) is 0 Å². The second kappa shape index (κ2) is 4.49. The van der Waals surface area contributed by atoms with Crippen molar-refractivity contribution >= 4 is 17.8 Å². The van der Waals surface area contributed by atoms with Crippen LogP contribution in [0.3, 0.4) is 0 Å². The molecule has 0 radical (unpaired) electrons. The average molecular weight is 212 g/mol. The van der Waals surface area contributed by atoms with Crippen LogP contribution >= 0.6 is 0 Å². The van der Waals surface area contributed by atoms with Crippen LogP contribution in [0.5, 0.6) is 0 Å². The maximum atomic E-state index is 10.8. The van der Waals surface area contributed by atoms with Crippen molar-refractivity contribution in [2.75, 3.05) is 5.73 Å². The number of rotatable bonds is 2. The highest BCUT2D eigenvalue weighted by Gasteiger charge is 1.90. The third-order valence-corrected chi connectivity index (χ3v) is 2.23. The number of nitrogens with zero attached hydrogens (tertiary/aromatic N) is 1. The second-order valence-electron chi connectivity index (χ2n) is 3.49. The predicted octanol–water partition coefficient (Wildman–Crippen LogP) is 2.07. The first-order valence-electron chi connectivity index (χ1n) is 4.96. The normalized spacial score (nSPS) is 10.8. The zero-order valence-corrected chi connectivity index (χ0v) is 8.71. The van der Waals surface area contributed by atoms with Crippen LogP contribution < -0.4 is 10.5 Å². The van der Waals surface area contributed by atoms with Crippen molar-refractivity contribution in [1.29, 1.82) is 0 Å². The van der Waals surface area contributed by atoms with Crippen LogP contribution in [0.1, 0.15) is 11.1 Å². The molecule has 0 aliphatic heterocycles. The Labute approximate surface area is 94.0 Å². The molecule has 1 aromatic carbocycles. The van der Waals surface area contributed by atoms with E-state index in [4.69, 9.17) is 5.73 Å². The highest BCUT2D eigenvalue weighted by Crippen LogP contribution is 2.09. The summed E-state index contributed by atoms with van der Waals surface area (Å²) in [5.41, 5.74) is 8.41. The van der Waals surface area contributed by atoms with Crippen LogP contribution in [0.2, 0.25) is 0 Å². The van der Waals surface area contributed by atoms with Crippen molar-refractivity contribution < 1.29 is 4.73 Å². The molecule has 0 atom stereocenters. The minimum atomic E-state index is 0.754. The van der Waals surface area contributed by atoms with Crippen molar-refractivity contribution in [2.45, 2.75) is 0 Å². The van der Waals surface area contributed by atoms with E-state index in [0.717, 1.165) is 21.5 Å². The third-order valence-electron chi connectivity index (χ3n) is 2.23. The molecular weight excluding hydrogens is 200 g/mol. The van der Waals surface area contributed by atoms with Gasteiger partial charge in [0.15, 0.2) is 12.4 Å². The zero-order chi connectivity index (χ0) is 11.4. The second-order valence-corrected chi connectivity index (χ2v) is 3.49. The molecule has 16 heavy (non-hydrogen) atoms. The Morgan fingerprint density at radius 3 is 1.94 bits per heavy atom. The summed E-state index contributed by atoms with van der Waals surface area (Å²) < 4.78 is 0.764. The van der Waals surface area contributed by atoms with Gasteiger partial charge in [-0.25, -0.2) is 0 Å². The first-order chi connectivity index (χ1) is 7.74. The number of benzene rings is 1. The van der Waals surface area contributed by atoms with Gasteiger partial charge < -0.3 is 10.9 Å². The Kier molecular flexibility index (Phi) is 2.87. The molecule has 1 aromatic heterocycles. The minimum absolute atomic E-state index is 0.754. The van der Waals surface area contributed by atoms with Crippen molar-refractivity contribution in [1.82, 2.24) is 0 Å². The van der Waals surface area contributed by atoms with Crippen LogP contribution in [0, 0.1) is 5.21 Å². The van der Waals surface area contributed by atoms with Gasteiger partial charge in [-0.2, -0.15) is 4.73 Å². The summed E-state index contributed by atoms with van der Waals surface area (Å²) in [6.45, 7) is 0. The Bertz CT molecular complexity index is 439. The number of hydrogen-bond acceptors (Lipinski definition) is 2. The lowest BCUT2D eigenvalue weighted by Gasteiger charge is -1.96. The van der Waals surface area contributed by atoms with Gasteiger partial charge in [-0.3, -0.25) is 0 Å². The largest absolute Gasteiger partial charge is 0.619 e. The molecule has 0 saturated heterocycles. The van der Waals surface area contributed by atoms with Gasteiger partial charge in [0, 0.05) is 17.8 Å². The monoisotopic (exact) mass is 212 g/mol. The van der Waals surface area contributed by atoms with E-state index in [9.17, 15) is 5.21 Å². The van der Waals surface area contributed by atoms with Crippen molar-refractivity contribution in [2.24, 2.45) is 0 Å². The van der Waals surface area contributed by atoms with Gasteiger partial charge in [0.25, 0.3) is 0 Å². The molecule has 3 nitrogen and oxygen atoms in total. The van der Waals surface area contributed by atoms with Crippen molar-refractivity contribution in [3.63, 3.8) is 0 Å². The highest BCUT2D eigenvalue weighted by molar-refractivity contribution is 5.69. The molecule has 0 bridgehead atoms. The quantitative estimate of drug-likeness (QED) is 0.470. The molecule has 0 unspecified atom stereocenters. The van der Waals surface area contributed by atoms with Crippen molar-refractivity contribution in [3.05, 3.63) is 65.1 Å². The number of nitrogen functional groups attached to an aromatic ring is 1. The Hall–Kier alpha value is -2.29. The van der Waals surface area contributed by atoms with E-state index in [1.807, 2.05) is 36.4 Å². The van der Waals surface area contributed by atoms with Gasteiger partial charge in [-0.05, 0) is 23.3 Å². The van der Waals surface area contributed by atoms with Gasteiger partial charge >= 0.3 is 0 Å². The Balaban J connectivity index is 2.15. The molecule has 2 aromatic rings. The van der Waals surface area contributed by atoms with E-state index in [1.165, 1.54) is 12.4 Å². The van der Waals surface area contributed by atoms with Crippen molar-refractivity contribution in [3.8, 4) is 0 Å². The summed E-state index contributed by atoms with van der Waals surface area (Å²) in [5.74, 6) is 0. The van der Waals surface area contributed by atoms with Gasteiger partial charge in [-0.15, -0.1) is 0 Å². The molecule has 80 valence electrons. The van der Waals surface area contributed by atoms with Gasteiger partial charge in [0.05, 0.1) is 0 Å². The molecule has 1 heterocycles. The molecular formula is C13H12N2O. The molecule has 0 aliphatic carbocycles. The fourth-order valence-corrected chi connectivity index (χ4v) is 1.33. The SMILES string of the molecule is Nc1ccc(C=Cc2cc[n+]([O-])cc2)cc1. The summed E-state index contributed by atoms with van der Waals surface area (Å²) >= 11 is 0. The molecule has 0 amide bonds. The third kappa shape index (κ3) is 2.60. The molecule has 0 fully saturated rings. The van der Waals surface area contributed by atoms with Gasteiger partial charge in [0.2, 0.25) is 0 Å². The molecule has 2 rings (SSSR count). The summed E-state index contributed by atoms with van der Waals surface area (Å²) in [6, 6.07) is 11.1. The lowest BCUT2D eigenvalue weighted by atomic mass is 10.1. The van der Waals surface area contributed by atoms with Gasteiger partial charge in [-0.1, -0.05) is 24.3 Å². The maximum absolute atomic E-state index is 10.8. The highest BCUT2D eigenvalue weighted by atomic mass is 16.5. The summed E-state index contributed by atoms with van der Waals surface area (Å²) in [6.07, 6.45) is 6.88. The van der Waals surface area contributed by atoms with E-state index in [1.54, 1.807) is 12.1 Å². The molecule has 0 spiro atoms. The zero-order valence-electron chi connectivity index (χ0n) is 8.71. The van der Waals surface area contributed by atoms with Crippen LogP contribution in [0.25, 0.3) is 12.2 Å². The Morgan fingerprint density at radius 1 is 0.875 bits per heavy atom. The molecule has 0 aliphatic rings. The van der Waals surface area contributed by atoms with Crippen LogP contribution in [-0.2, 0) is 0 Å². The van der Waals surface area contributed by atoms with E-state index >= 15 is 0 Å². The van der Waals surface area contributed by atoms with Crippen LogP contribution in [0.15, 0.2) is 48.8 Å². The molecule has 0 saturated carbocycles. The standard InChI is InChI=1S/C13H12N2O/c14-13-5-3-11(4-6-13)1-2-12-7-9-15(16)10-8-12/h1-10H,14H2. The number of aromatic nitrogens is 1. The fourth-order valence-electron chi connectivity index (χ4n) is 1.33. The molecule has 2 N–H and O–H groups in total. The average Bonchev–Trinajstić information content (AvgIpc) is 2.30. The topological polar surface area (TPSA) is 53.0 Å². The van der Waals surface area contributed by atoms with E-state index in [2.05, 4.69) is 0 Å². The maximum Gasteiger partial charge on any atom is 0.180 e. The smallest absolute Gasteiger partial charge is 0.180 e. The number of hydrogen-bond donors (Lipinski definition) is 1. The molecule has 3 heteroatoms.